The minimum atomic E-state index is -1.39. The van der Waals surface area contributed by atoms with Crippen molar-refractivity contribution in [2.45, 2.75) is 147 Å². The highest BCUT2D eigenvalue weighted by Gasteiger charge is 2.34. The van der Waals surface area contributed by atoms with Crippen LogP contribution in [0.5, 0.6) is 5.75 Å². The number of benzene rings is 3. The van der Waals surface area contributed by atoms with Gasteiger partial charge in [-0.1, -0.05) is 76.1 Å². The lowest BCUT2D eigenvalue weighted by Crippen LogP contribution is -2.60. The lowest BCUT2D eigenvalue weighted by molar-refractivity contribution is -0.135. The molecule has 0 spiro atoms. The lowest BCUT2D eigenvalue weighted by Gasteiger charge is -2.28. The molecule has 14 N–H and O–H groups in total. The van der Waals surface area contributed by atoms with Crippen molar-refractivity contribution in [3.63, 3.8) is 0 Å². The molecule has 3 rings (SSSR count). The number of hydrogen-bond acceptors (Lipinski definition) is 13. The molecule has 78 heavy (non-hydrogen) atoms. The van der Waals surface area contributed by atoms with E-state index in [9.17, 15) is 52.6 Å². The number of aromatic hydroxyl groups is 1. The Labute approximate surface area is 460 Å². The fourth-order valence-electron chi connectivity index (χ4n) is 8.21. The van der Waals surface area contributed by atoms with E-state index in [4.69, 9.17) is 11.5 Å². The van der Waals surface area contributed by atoms with Crippen LogP contribution < -0.4 is 59.5 Å². The van der Waals surface area contributed by atoms with Crippen LogP contribution in [-0.4, -0.2) is 126 Å². The molecule has 0 saturated carbocycles. The zero-order valence-electron chi connectivity index (χ0n) is 45.1. The summed E-state index contributed by atoms with van der Waals surface area (Å²) in [5, 5.41) is 29.4. The summed E-state index contributed by atoms with van der Waals surface area (Å²) in [6.45, 7) is 6.14. The second-order valence-electron chi connectivity index (χ2n) is 19.4. The van der Waals surface area contributed by atoms with E-state index in [2.05, 4.69) is 48.1 Å². The summed E-state index contributed by atoms with van der Waals surface area (Å²) in [5.41, 5.74) is 17.7. The number of rotatable bonds is 38. The predicted molar refractivity (Wildman–Crippen MR) is 296 cm³/mol. The summed E-state index contributed by atoms with van der Waals surface area (Å²) in [4.78, 5) is 122. The Morgan fingerprint density at radius 3 is 1.63 bits per heavy atom. The van der Waals surface area contributed by atoms with Crippen molar-refractivity contribution in [2.24, 2.45) is 17.4 Å². The highest BCUT2D eigenvalue weighted by molar-refractivity contribution is 7.98. The molecule has 0 aromatic heterocycles. The van der Waals surface area contributed by atoms with Gasteiger partial charge in [-0.2, -0.15) is 11.8 Å². The molecule has 3 aromatic rings. The van der Waals surface area contributed by atoms with Gasteiger partial charge in [0.2, 0.25) is 47.8 Å². The van der Waals surface area contributed by atoms with Gasteiger partial charge in [-0.25, -0.2) is 9.82 Å². The molecule has 23 heteroatoms. The third kappa shape index (κ3) is 24.5. The summed E-state index contributed by atoms with van der Waals surface area (Å²) >= 11 is 1.49. The minimum Gasteiger partial charge on any atom is -0.508 e. The number of unbranched alkanes of at least 4 members (excludes halogenated alkanes) is 3. The average molecular weight is 1110 g/mol. The third-order valence-electron chi connectivity index (χ3n) is 12.5. The summed E-state index contributed by atoms with van der Waals surface area (Å²) in [5.74, 6) is -5.54. The highest BCUT2D eigenvalue weighted by Crippen LogP contribution is 2.15. The van der Waals surface area contributed by atoms with Gasteiger partial charge in [0.1, 0.15) is 53.9 Å². The number of carbonyl (C=O) groups excluding carboxylic acids is 9. The summed E-state index contributed by atoms with van der Waals surface area (Å²) in [7, 11) is 0. The molecule has 0 radical (unpaired) electrons. The lowest BCUT2D eigenvalue weighted by atomic mass is 10.00. The van der Waals surface area contributed by atoms with E-state index in [1.165, 1.54) is 36.0 Å². The Morgan fingerprint density at radius 1 is 0.603 bits per heavy atom. The van der Waals surface area contributed by atoms with Crippen LogP contribution in [0.15, 0.2) is 78.9 Å². The first-order valence-electron chi connectivity index (χ1n) is 26.5. The number of hydrogen-bond donors (Lipinski definition) is 12. The number of phenolic OH excluding ortho intramolecular Hbond substituents is 1. The van der Waals surface area contributed by atoms with Crippen LogP contribution in [0.3, 0.4) is 0 Å². The maximum Gasteiger partial charge on any atom is 0.251 e. The van der Waals surface area contributed by atoms with Crippen molar-refractivity contribution in [3.8, 4) is 5.75 Å². The van der Waals surface area contributed by atoms with Crippen molar-refractivity contribution in [1.82, 2.24) is 48.1 Å². The molecule has 0 heterocycles. The number of hydrazine groups is 1. The average Bonchev–Trinajstić information content (AvgIpc) is 3.41. The second-order valence-corrected chi connectivity index (χ2v) is 20.4. The first-order valence-corrected chi connectivity index (χ1v) is 27.9. The van der Waals surface area contributed by atoms with Gasteiger partial charge >= 0.3 is 0 Å². The number of amides is 9. The molecule has 21 nitrogen and oxygen atoms in total. The molecular formula is C55H80FN11O10S. The molecule has 7 atom stereocenters. The van der Waals surface area contributed by atoms with E-state index in [-0.39, 0.29) is 68.7 Å². The first kappa shape index (κ1) is 65.2. The maximum atomic E-state index is 14.6. The van der Waals surface area contributed by atoms with E-state index in [0.717, 1.165) is 12.1 Å². The Morgan fingerprint density at radius 2 is 1.09 bits per heavy atom. The van der Waals surface area contributed by atoms with Crippen LogP contribution in [0, 0.1) is 11.7 Å². The number of primary amides is 1. The third-order valence-corrected chi connectivity index (χ3v) is 13.2. The normalized spacial score (nSPS) is 13.7. The molecule has 0 bridgehead atoms. The topological polar surface area (TPSA) is 334 Å². The van der Waals surface area contributed by atoms with Crippen molar-refractivity contribution in [2.75, 3.05) is 25.1 Å². The van der Waals surface area contributed by atoms with E-state index in [1.807, 2.05) is 27.0 Å². The second kappa shape index (κ2) is 36.1. The van der Waals surface area contributed by atoms with Gasteiger partial charge in [0.05, 0.1) is 0 Å². The molecule has 0 aliphatic heterocycles. The Kier molecular flexibility index (Phi) is 30.1. The van der Waals surface area contributed by atoms with E-state index in [1.54, 1.807) is 42.5 Å². The Bertz CT molecular complexity index is 2370. The first-order chi connectivity index (χ1) is 37.4. The van der Waals surface area contributed by atoms with Crippen LogP contribution >= 0.6 is 11.8 Å². The Hall–Kier alpha value is -7.11. The number of phenols is 1. The van der Waals surface area contributed by atoms with Crippen molar-refractivity contribution in [1.29, 1.82) is 0 Å². The van der Waals surface area contributed by atoms with Gasteiger partial charge in [0.15, 0.2) is 0 Å². The number of carbonyl (C=O) groups is 9. The molecular weight excluding hydrogens is 1020 g/mol. The van der Waals surface area contributed by atoms with Crippen molar-refractivity contribution >= 4 is 65.4 Å². The minimum absolute atomic E-state index is 0.0103. The number of thioether (sulfide) groups is 1. The van der Waals surface area contributed by atoms with Gasteiger partial charge in [0.25, 0.3) is 5.91 Å². The van der Waals surface area contributed by atoms with Crippen LogP contribution in [0.4, 0.5) is 4.39 Å². The number of nitrogens with one attached hydrogen (secondary N) is 9. The van der Waals surface area contributed by atoms with Crippen LogP contribution in [0.25, 0.3) is 0 Å². The zero-order chi connectivity index (χ0) is 57.4. The molecule has 0 fully saturated rings. The molecule has 0 saturated heterocycles. The fraction of sp³-hybridized carbons (Fsp3) is 0.509. The van der Waals surface area contributed by atoms with E-state index >= 15 is 0 Å². The standard InChI is InChI=1S/C55H80FN11O10S/c1-5-6-16-42(62-54(76)46(32-36-14-8-7-9-15-36)66-53(75)45(31-35(2)3)64-52(74)44(27-30-78-4)67-60-34-68)51(73)65-47(33-37-19-25-40(69)26-20-37)55(77)63-43(50(72)61-41(48(58)70)17-10-12-28-57)18-11-13-29-59-49(71)38-21-23-39(56)24-22-38/h7-9,14-15,19-26,34-35,41-47,67,69H,5-6,10-13,16-18,27-33,57H2,1-4H3,(H2,58,70)(H,59,71)(H,60,68)(H,61,72)(H,62,76)(H,63,77)(H,64,74)(H,65,73)(H,66,75)/t41-,42+,43-,44+,45+,46+,47+/m1/s1/i56-1. The largest absolute Gasteiger partial charge is 0.508 e. The maximum absolute atomic E-state index is 14.6. The van der Waals surface area contributed by atoms with Gasteiger partial charge in [-0.15, -0.1) is 0 Å². The summed E-state index contributed by atoms with van der Waals surface area (Å²) in [6, 6.07) is 11.5. The molecule has 3 aromatic carbocycles. The SMILES string of the molecule is CCCC[C@H](NC(=O)[C@H](Cc1ccccc1)NC(=O)[C@H](CC(C)C)NC(=O)[C@H](CCSC)NNC=O)C(=O)N[C@@H](Cc1ccc(O)cc1)C(=O)N[C@H](CCCCNC(=O)c1ccc([18F])cc1)C(=O)N[C@H](CCCCN)C(N)=O. The highest BCUT2D eigenvalue weighted by atomic mass is 32.2. The van der Waals surface area contributed by atoms with Crippen LogP contribution in [-0.2, 0) is 51.2 Å². The van der Waals surface area contributed by atoms with Crippen molar-refractivity contribution < 1.29 is 52.6 Å². The summed E-state index contributed by atoms with van der Waals surface area (Å²) < 4.78 is 13.5. The zero-order valence-corrected chi connectivity index (χ0v) is 45.9. The van der Waals surface area contributed by atoms with E-state index < -0.39 is 95.4 Å². The molecule has 9 amide bonds. The quantitative estimate of drug-likeness (QED) is 0.0222. The van der Waals surface area contributed by atoms with Crippen LogP contribution in [0.1, 0.15) is 113 Å². The molecule has 0 aliphatic rings. The molecule has 0 aliphatic carbocycles. The predicted octanol–water partition coefficient (Wildman–Crippen LogP) is 2.05. The van der Waals surface area contributed by atoms with Crippen LogP contribution in [0.2, 0.25) is 0 Å². The van der Waals surface area contributed by atoms with Gasteiger partial charge < -0.3 is 53.8 Å². The molecule has 0 unspecified atom stereocenters. The van der Waals surface area contributed by atoms with E-state index in [0.29, 0.717) is 68.4 Å². The van der Waals surface area contributed by atoms with Gasteiger partial charge in [0, 0.05) is 24.9 Å². The van der Waals surface area contributed by atoms with Crippen molar-refractivity contribution in [3.05, 3.63) is 101 Å². The number of nitrogens with two attached hydrogens (primary N) is 2. The monoisotopic (exact) mass is 1100 g/mol. The van der Waals surface area contributed by atoms with Gasteiger partial charge in [-0.3, -0.25) is 48.6 Å². The fourth-order valence-corrected chi connectivity index (χ4v) is 8.69. The smallest absolute Gasteiger partial charge is 0.251 e. The Balaban J connectivity index is 1.95. The number of halogens is 1. The molecule has 428 valence electrons. The van der Waals surface area contributed by atoms with Gasteiger partial charge in [-0.05, 0) is 130 Å². The summed E-state index contributed by atoms with van der Waals surface area (Å²) in [6.07, 6.45) is 5.64.